The Bertz CT molecular complexity index is 1530. The highest BCUT2D eigenvalue weighted by Gasteiger charge is 2.15. The van der Waals surface area contributed by atoms with Crippen LogP contribution in [0.5, 0.6) is 0 Å². The molecule has 4 nitrogen and oxygen atoms in total. The maximum absolute atomic E-state index is 4.68. The molecule has 4 aromatic carbocycles. The highest BCUT2D eigenvalue weighted by Crippen LogP contribution is 2.33. The van der Waals surface area contributed by atoms with Gasteiger partial charge in [-0.15, -0.1) is 10.2 Å². The number of para-hydroxylation sites is 4. The zero-order chi connectivity index (χ0) is 21.1. The molecule has 0 radical (unpaired) electrons. The van der Waals surface area contributed by atoms with Gasteiger partial charge in [0.25, 0.3) is 0 Å². The second-order valence-corrected chi connectivity index (χ2v) is 7.99. The fourth-order valence-corrected chi connectivity index (χ4v) is 4.90. The van der Waals surface area contributed by atoms with E-state index >= 15 is 0 Å². The number of rotatable bonds is 2. The standard InChI is InChI=1S/C28H18N4/c1-5-13-23-19(9-1)20-10-2-6-14-24(20)31(23)27-17-18-28(30-29-27)32-25-15-7-3-11-21(25)22-12-4-8-16-26(22)32/h1-18H. The summed E-state index contributed by atoms with van der Waals surface area (Å²) in [5.74, 6) is 1.62. The minimum absolute atomic E-state index is 0.812. The van der Waals surface area contributed by atoms with Gasteiger partial charge in [0, 0.05) is 21.5 Å². The molecule has 0 aliphatic carbocycles. The topological polar surface area (TPSA) is 35.6 Å². The van der Waals surface area contributed by atoms with Crippen molar-refractivity contribution in [3.05, 3.63) is 109 Å². The van der Waals surface area contributed by atoms with Crippen LogP contribution >= 0.6 is 0 Å². The third kappa shape index (κ3) is 2.32. The number of fused-ring (bicyclic) bond motifs is 6. The van der Waals surface area contributed by atoms with Gasteiger partial charge in [-0.2, -0.15) is 0 Å². The number of aromatic nitrogens is 4. The summed E-state index contributed by atoms with van der Waals surface area (Å²) in [5, 5.41) is 14.2. The maximum atomic E-state index is 4.68. The normalized spacial score (nSPS) is 11.8. The van der Waals surface area contributed by atoms with Crippen LogP contribution in [0.15, 0.2) is 109 Å². The van der Waals surface area contributed by atoms with Gasteiger partial charge in [0.1, 0.15) is 0 Å². The summed E-state index contributed by atoms with van der Waals surface area (Å²) in [5.41, 5.74) is 4.53. The molecule has 7 aromatic rings. The third-order valence-electron chi connectivity index (χ3n) is 6.25. The van der Waals surface area contributed by atoms with Gasteiger partial charge in [0.05, 0.1) is 22.1 Å². The van der Waals surface area contributed by atoms with Crippen LogP contribution in [0.25, 0.3) is 55.2 Å². The summed E-state index contributed by atoms with van der Waals surface area (Å²) >= 11 is 0. The summed E-state index contributed by atoms with van der Waals surface area (Å²) in [7, 11) is 0. The lowest BCUT2D eigenvalue weighted by molar-refractivity contribution is 0.909. The molecule has 0 saturated carbocycles. The highest BCUT2D eigenvalue weighted by molar-refractivity contribution is 6.10. The van der Waals surface area contributed by atoms with Crippen LogP contribution in [0.4, 0.5) is 0 Å². The second-order valence-electron chi connectivity index (χ2n) is 7.99. The average molecular weight is 410 g/mol. The van der Waals surface area contributed by atoms with E-state index in [9.17, 15) is 0 Å². The highest BCUT2D eigenvalue weighted by atomic mass is 15.2. The predicted octanol–water partition coefficient (Wildman–Crippen LogP) is 6.67. The van der Waals surface area contributed by atoms with Gasteiger partial charge >= 0.3 is 0 Å². The first kappa shape index (κ1) is 17.3. The summed E-state index contributed by atoms with van der Waals surface area (Å²) in [6, 6.07) is 37.9. The summed E-state index contributed by atoms with van der Waals surface area (Å²) in [4.78, 5) is 0. The van der Waals surface area contributed by atoms with Crippen LogP contribution in [0.3, 0.4) is 0 Å². The second kappa shape index (κ2) is 6.53. The number of benzene rings is 4. The van der Waals surface area contributed by atoms with Gasteiger partial charge in [-0.3, -0.25) is 9.13 Å². The van der Waals surface area contributed by atoms with E-state index in [1.54, 1.807) is 0 Å². The minimum Gasteiger partial charge on any atom is -0.292 e. The molecule has 0 fully saturated rings. The van der Waals surface area contributed by atoms with Crippen molar-refractivity contribution in [1.29, 1.82) is 0 Å². The first-order valence-corrected chi connectivity index (χ1v) is 10.7. The van der Waals surface area contributed by atoms with E-state index in [4.69, 9.17) is 0 Å². The molecule has 0 atom stereocenters. The zero-order valence-electron chi connectivity index (χ0n) is 17.2. The Kier molecular flexibility index (Phi) is 3.52. The lowest BCUT2D eigenvalue weighted by Crippen LogP contribution is -2.03. The quantitative estimate of drug-likeness (QED) is 0.319. The molecule has 0 amide bonds. The largest absolute Gasteiger partial charge is 0.292 e. The van der Waals surface area contributed by atoms with Gasteiger partial charge in [0.2, 0.25) is 0 Å². The van der Waals surface area contributed by atoms with Crippen molar-refractivity contribution in [2.24, 2.45) is 0 Å². The monoisotopic (exact) mass is 410 g/mol. The Morgan fingerprint density at radius 2 is 0.625 bits per heavy atom. The molecule has 0 aliphatic rings. The maximum Gasteiger partial charge on any atom is 0.160 e. The molecule has 3 heterocycles. The zero-order valence-corrected chi connectivity index (χ0v) is 17.2. The predicted molar refractivity (Wildman–Crippen MR) is 131 cm³/mol. The van der Waals surface area contributed by atoms with Gasteiger partial charge in [0.15, 0.2) is 11.6 Å². The van der Waals surface area contributed by atoms with E-state index in [-0.39, 0.29) is 0 Å². The Balaban J connectivity index is 1.47. The molecule has 3 aromatic heterocycles. The van der Waals surface area contributed by atoms with E-state index in [0.717, 1.165) is 33.7 Å². The molecular formula is C28H18N4. The van der Waals surface area contributed by atoms with Crippen molar-refractivity contribution in [1.82, 2.24) is 19.3 Å². The Morgan fingerprint density at radius 1 is 0.344 bits per heavy atom. The van der Waals surface area contributed by atoms with E-state index in [1.807, 2.05) is 0 Å². The van der Waals surface area contributed by atoms with Crippen LogP contribution in [0.1, 0.15) is 0 Å². The SMILES string of the molecule is c1ccc2c(c1)c1ccccc1n2-c1ccc(-n2c3ccccc3c3ccccc32)nn1. The van der Waals surface area contributed by atoms with Gasteiger partial charge < -0.3 is 0 Å². The van der Waals surface area contributed by atoms with Crippen molar-refractivity contribution in [2.75, 3.05) is 0 Å². The van der Waals surface area contributed by atoms with Crippen molar-refractivity contribution >= 4 is 43.6 Å². The Hall–Kier alpha value is -4.44. The van der Waals surface area contributed by atoms with Crippen LogP contribution < -0.4 is 0 Å². The van der Waals surface area contributed by atoms with Gasteiger partial charge in [-0.05, 0) is 36.4 Å². The smallest absolute Gasteiger partial charge is 0.160 e. The molecule has 0 spiro atoms. The third-order valence-corrected chi connectivity index (χ3v) is 6.25. The number of hydrogen-bond acceptors (Lipinski definition) is 2. The average Bonchev–Trinajstić information content (AvgIpc) is 3.38. The molecule has 0 bridgehead atoms. The molecule has 0 aliphatic heterocycles. The Labute approximate surface area is 184 Å². The van der Waals surface area contributed by atoms with Crippen LogP contribution in [0.2, 0.25) is 0 Å². The molecule has 32 heavy (non-hydrogen) atoms. The molecule has 0 N–H and O–H groups in total. The van der Waals surface area contributed by atoms with Crippen molar-refractivity contribution in [3.8, 4) is 11.6 Å². The van der Waals surface area contributed by atoms with E-state index in [2.05, 4.69) is 129 Å². The lowest BCUT2D eigenvalue weighted by Gasteiger charge is -2.09. The van der Waals surface area contributed by atoms with E-state index in [0.29, 0.717) is 0 Å². The first-order valence-electron chi connectivity index (χ1n) is 10.7. The molecule has 4 heteroatoms. The number of hydrogen-bond donors (Lipinski definition) is 0. The van der Waals surface area contributed by atoms with Crippen molar-refractivity contribution in [2.45, 2.75) is 0 Å². The number of nitrogens with zero attached hydrogens (tertiary/aromatic N) is 4. The van der Waals surface area contributed by atoms with E-state index < -0.39 is 0 Å². The molecular weight excluding hydrogens is 392 g/mol. The summed E-state index contributed by atoms with van der Waals surface area (Å²) in [6.07, 6.45) is 0. The van der Waals surface area contributed by atoms with Gasteiger partial charge in [-0.25, -0.2) is 0 Å². The van der Waals surface area contributed by atoms with Crippen molar-refractivity contribution < 1.29 is 0 Å². The fraction of sp³-hybridized carbons (Fsp3) is 0. The summed E-state index contributed by atoms with van der Waals surface area (Å²) < 4.78 is 4.38. The molecule has 0 unspecified atom stereocenters. The summed E-state index contributed by atoms with van der Waals surface area (Å²) in [6.45, 7) is 0. The molecule has 150 valence electrons. The lowest BCUT2D eigenvalue weighted by atomic mass is 10.2. The fourth-order valence-electron chi connectivity index (χ4n) is 4.90. The van der Waals surface area contributed by atoms with Crippen LogP contribution in [-0.2, 0) is 0 Å². The molecule has 0 saturated heterocycles. The first-order chi connectivity index (χ1) is 15.9. The van der Waals surface area contributed by atoms with Crippen LogP contribution in [0, 0.1) is 0 Å². The van der Waals surface area contributed by atoms with E-state index in [1.165, 1.54) is 21.5 Å². The van der Waals surface area contributed by atoms with Crippen molar-refractivity contribution in [3.63, 3.8) is 0 Å². The minimum atomic E-state index is 0.812. The van der Waals surface area contributed by atoms with Crippen LogP contribution in [-0.4, -0.2) is 19.3 Å². The Morgan fingerprint density at radius 3 is 0.906 bits per heavy atom. The molecule has 7 rings (SSSR count). The van der Waals surface area contributed by atoms with Gasteiger partial charge in [-0.1, -0.05) is 72.8 Å².